The quantitative estimate of drug-likeness (QED) is 0.841. The van der Waals surface area contributed by atoms with Crippen molar-refractivity contribution >= 4 is 11.8 Å². The number of amides is 1. The summed E-state index contributed by atoms with van der Waals surface area (Å²) in [5.74, 6) is -1.04. The number of hydrogen-bond donors (Lipinski definition) is 2. The van der Waals surface area contributed by atoms with Gasteiger partial charge in [-0.2, -0.15) is 0 Å². The lowest BCUT2D eigenvalue weighted by Crippen LogP contribution is -2.42. The standard InChI is InChI=1S/C16H23FN2O3/c1-16(2,3)22-15(21)19-8-4-5-12(19)10-18-11-6-7-14(20)13(17)9-11/h6-7,9,12,18,20H,4-5,8,10H2,1-3H3. The molecule has 6 heteroatoms. The summed E-state index contributed by atoms with van der Waals surface area (Å²) in [5.41, 5.74) is 0.0592. The summed E-state index contributed by atoms with van der Waals surface area (Å²) in [6.07, 6.45) is 1.50. The summed E-state index contributed by atoms with van der Waals surface area (Å²) in [7, 11) is 0. The van der Waals surface area contributed by atoms with Crippen molar-refractivity contribution in [1.29, 1.82) is 0 Å². The summed E-state index contributed by atoms with van der Waals surface area (Å²) in [4.78, 5) is 13.9. The van der Waals surface area contributed by atoms with Crippen LogP contribution in [0.25, 0.3) is 0 Å². The Balaban J connectivity index is 1.93. The lowest BCUT2D eigenvalue weighted by atomic mass is 10.2. The van der Waals surface area contributed by atoms with Crippen LogP contribution in [0.15, 0.2) is 18.2 Å². The molecule has 1 unspecified atom stereocenters. The van der Waals surface area contributed by atoms with Crippen molar-refractivity contribution in [2.75, 3.05) is 18.4 Å². The molecule has 0 spiro atoms. The van der Waals surface area contributed by atoms with E-state index in [9.17, 15) is 14.3 Å². The average molecular weight is 310 g/mol. The van der Waals surface area contributed by atoms with E-state index < -0.39 is 11.4 Å². The number of rotatable bonds is 3. The maximum Gasteiger partial charge on any atom is 0.410 e. The van der Waals surface area contributed by atoms with Crippen molar-refractivity contribution < 1.29 is 19.0 Å². The van der Waals surface area contributed by atoms with Crippen LogP contribution < -0.4 is 5.32 Å². The van der Waals surface area contributed by atoms with E-state index in [1.165, 1.54) is 12.1 Å². The van der Waals surface area contributed by atoms with Crippen LogP contribution in [0.2, 0.25) is 0 Å². The van der Waals surface area contributed by atoms with Gasteiger partial charge in [0.05, 0.1) is 6.04 Å². The summed E-state index contributed by atoms with van der Waals surface area (Å²) in [6, 6.07) is 4.16. The van der Waals surface area contributed by atoms with Gasteiger partial charge in [0.1, 0.15) is 5.60 Å². The number of ether oxygens (including phenoxy) is 1. The van der Waals surface area contributed by atoms with Crippen molar-refractivity contribution in [1.82, 2.24) is 4.90 Å². The molecule has 1 saturated heterocycles. The SMILES string of the molecule is CC(C)(C)OC(=O)N1CCCC1CNc1ccc(O)c(F)c1. The molecule has 5 nitrogen and oxygen atoms in total. The number of phenols is 1. The smallest absolute Gasteiger partial charge is 0.410 e. The number of nitrogens with zero attached hydrogens (tertiary/aromatic N) is 1. The van der Waals surface area contributed by atoms with Crippen LogP contribution in [0.4, 0.5) is 14.9 Å². The molecular formula is C16H23FN2O3. The second-order valence-electron chi connectivity index (χ2n) is 6.52. The molecule has 0 aliphatic carbocycles. The number of carbonyl (C=O) groups is 1. The first kappa shape index (κ1) is 16.4. The zero-order valence-electron chi connectivity index (χ0n) is 13.2. The Hall–Kier alpha value is -1.98. The van der Waals surface area contributed by atoms with Crippen LogP contribution in [-0.2, 0) is 4.74 Å². The highest BCUT2D eigenvalue weighted by atomic mass is 19.1. The lowest BCUT2D eigenvalue weighted by Gasteiger charge is -2.29. The van der Waals surface area contributed by atoms with Crippen molar-refractivity contribution in [3.05, 3.63) is 24.0 Å². The fourth-order valence-corrected chi connectivity index (χ4v) is 2.46. The van der Waals surface area contributed by atoms with E-state index >= 15 is 0 Å². The zero-order valence-corrected chi connectivity index (χ0v) is 13.2. The van der Waals surface area contributed by atoms with Gasteiger partial charge in [-0.05, 0) is 45.7 Å². The van der Waals surface area contributed by atoms with Gasteiger partial charge < -0.3 is 20.1 Å². The minimum Gasteiger partial charge on any atom is -0.505 e. The number of anilines is 1. The van der Waals surface area contributed by atoms with Gasteiger partial charge in [0.2, 0.25) is 0 Å². The molecule has 1 fully saturated rings. The highest BCUT2D eigenvalue weighted by molar-refractivity contribution is 5.69. The molecule has 0 saturated carbocycles. The number of benzene rings is 1. The molecule has 1 aromatic carbocycles. The van der Waals surface area contributed by atoms with Crippen molar-refractivity contribution in [2.45, 2.75) is 45.3 Å². The number of halogens is 1. The first-order chi connectivity index (χ1) is 10.3. The van der Waals surface area contributed by atoms with Crippen LogP contribution in [0, 0.1) is 5.82 Å². The molecule has 1 aliphatic heterocycles. The number of carbonyl (C=O) groups excluding carboxylic acids is 1. The second kappa shape index (κ2) is 6.42. The molecule has 1 heterocycles. The van der Waals surface area contributed by atoms with E-state index in [0.717, 1.165) is 12.8 Å². The van der Waals surface area contributed by atoms with Gasteiger partial charge in [-0.25, -0.2) is 9.18 Å². The van der Waals surface area contributed by atoms with Crippen molar-refractivity contribution in [3.8, 4) is 5.75 Å². The van der Waals surface area contributed by atoms with E-state index in [1.54, 1.807) is 11.0 Å². The summed E-state index contributed by atoms with van der Waals surface area (Å²) < 4.78 is 18.7. The summed E-state index contributed by atoms with van der Waals surface area (Å²) in [5, 5.41) is 12.3. The number of nitrogens with one attached hydrogen (secondary N) is 1. The molecular weight excluding hydrogens is 287 g/mol. The molecule has 1 amide bonds. The normalized spacial score (nSPS) is 18.4. The molecule has 2 rings (SSSR count). The Kier molecular flexibility index (Phi) is 4.78. The first-order valence-electron chi connectivity index (χ1n) is 7.48. The van der Waals surface area contributed by atoms with Crippen LogP contribution in [0.1, 0.15) is 33.6 Å². The molecule has 0 aromatic heterocycles. The number of likely N-dealkylation sites (tertiary alicyclic amines) is 1. The monoisotopic (exact) mass is 310 g/mol. The Morgan fingerprint density at radius 2 is 2.23 bits per heavy atom. The van der Waals surface area contributed by atoms with Gasteiger partial charge in [0.15, 0.2) is 11.6 Å². The molecule has 122 valence electrons. The maximum atomic E-state index is 13.3. The third-order valence-corrected chi connectivity index (χ3v) is 3.49. The Morgan fingerprint density at radius 3 is 2.86 bits per heavy atom. The van der Waals surface area contributed by atoms with E-state index in [4.69, 9.17) is 4.74 Å². The molecule has 0 radical (unpaired) electrons. The van der Waals surface area contributed by atoms with E-state index in [2.05, 4.69) is 5.32 Å². The summed E-state index contributed by atoms with van der Waals surface area (Å²) >= 11 is 0. The molecule has 1 atom stereocenters. The van der Waals surface area contributed by atoms with Gasteiger partial charge in [-0.3, -0.25) is 0 Å². The maximum absolute atomic E-state index is 13.3. The van der Waals surface area contributed by atoms with Crippen LogP contribution in [0.3, 0.4) is 0 Å². The van der Waals surface area contributed by atoms with E-state index in [0.29, 0.717) is 18.8 Å². The van der Waals surface area contributed by atoms with Gasteiger partial charge in [-0.15, -0.1) is 0 Å². The van der Waals surface area contributed by atoms with Crippen LogP contribution >= 0.6 is 0 Å². The number of aromatic hydroxyl groups is 1. The summed E-state index contributed by atoms with van der Waals surface area (Å²) in [6.45, 7) is 6.71. The fourth-order valence-electron chi connectivity index (χ4n) is 2.46. The molecule has 0 bridgehead atoms. The Labute approximate surface area is 130 Å². The lowest BCUT2D eigenvalue weighted by molar-refractivity contribution is 0.0235. The van der Waals surface area contributed by atoms with E-state index in [1.807, 2.05) is 20.8 Å². The minimum absolute atomic E-state index is 0.0201. The molecule has 22 heavy (non-hydrogen) atoms. The van der Waals surface area contributed by atoms with Gasteiger partial charge in [0, 0.05) is 24.8 Å². The van der Waals surface area contributed by atoms with Crippen molar-refractivity contribution in [3.63, 3.8) is 0 Å². The molecule has 1 aliphatic rings. The second-order valence-corrected chi connectivity index (χ2v) is 6.52. The highest BCUT2D eigenvalue weighted by Crippen LogP contribution is 2.23. The Morgan fingerprint density at radius 1 is 1.50 bits per heavy atom. The number of hydrogen-bond acceptors (Lipinski definition) is 4. The predicted molar refractivity (Wildman–Crippen MR) is 82.5 cm³/mol. The largest absolute Gasteiger partial charge is 0.505 e. The third-order valence-electron chi connectivity index (χ3n) is 3.49. The number of phenolic OH excluding ortho intramolecular Hbond substituents is 1. The topological polar surface area (TPSA) is 61.8 Å². The van der Waals surface area contributed by atoms with E-state index in [-0.39, 0.29) is 17.9 Å². The van der Waals surface area contributed by atoms with Crippen molar-refractivity contribution in [2.24, 2.45) is 0 Å². The van der Waals surface area contributed by atoms with Gasteiger partial charge in [0.25, 0.3) is 0 Å². The first-order valence-corrected chi connectivity index (χ1v) is 7.48. The average Bonchev–Trinajstić information content (AvgIpc) is 2.87. The van der Waals surface area contributed by atoms with Gasteiger partial charge in [-0.1, -0.05) is 0 Å². The predicted octanol–water partition coefficient (Wildman–Crippen LogP) is 3.34. The van der Waals surface area contributed by atoms with Crippen LogP contribution in [0.5, 0.6) is 5.75 Å². The highest BCUT2D eigenvalue weighted by Gasteiger charge is 2.31. The minimum atomic E-state index is -0.666. The van der Waals surface area contributed by atoms with Gasteiger partial charge >= 0.3 is 6.09 Å². The molecule has 2 N–H and O–H groups in total. The Bertz CT molecular complexity index is 543. The molecule has 1 aromatic rings. The van der Waals surface area contributed by atoms with Crippen LogP contribution in [-0.4, -0.2) is 40.8 Å². The fraction of sp³-hybridized carbons (Fsp3) is 0.562. The zero-order chi connectivity index (χ0) is 16.3. The third kappa shape index (κ3) is 4.26.